The van der Waals surface area contributed by atoms with Crippen molar-refractivity contribution in [1.29, 1.82) is 0 Å². The van der Waals surface area contributed by atoms with Gasteiger partial charge >= 0.3 is 6.03 Å². The highest BCUT2D eigenvalue weighted by Gasteiger charge is 2.32. The highest BCUT2D eigenvalue weighted by atomic mass is 19.1. The Balaban J connectivity index is 1.52. The first-order valence-electron chi connectivity index (χ1n) is 12.2. The quantitative estimate of drug-likeness (QED) is 0.630. The molecule has 1 atom stereocenters. The zero-order chi connectivity index (χ0) is 24.1. The summed E-state index contributed by atoms with van der Waals surface area (Å²) in [4.78, 5) is 32.1. The van der Waals surface area contributed by atoms with E-state index in [1.165, 1.54) is 30.2 Å². The molecule has 1 unspecified atom stereocenters. The van der Waals surface area contributed by atoms with Gasteiger partial charge in [-0.2, -0.15) is 0 Å². The van der Waals surface area contributed by atoms with Crippen molar-refractivity contribution in [2.24, 2.45) is 10.9 Å². The summed E-state index contributed by atoms with van der Waals surface area (Å²) in [5.74, 6) is -0.0714. The average molecular weight is 465 g/mol. The molecule has 0 aromatic heterocycles. The number of unbranched alkanes of at least 4 members (excludes halogenated alkanes) is 1. The van der Waals surface area contributed by atoms with Crippen LogP contribution in [0.2, 0.25) is 0 Å². The summed E-state index contributed by atoms with van der Waals surface area (Å²) in [7, 11) is 1.64. The van der Waals surface area contributed by atoms with Crippen LogP contribution in [0.3, 0.4) is 0 Å². The maximum absolute atomic E-state index is 14.7. The number of rotatable bonds is 6. The summed E-state index contributed by atoms with van der Waals surface area (Å²) in [6.07, 6.45) is 6.67. The number of aliphatic imine (C=N–C) groups is 1. The minimum atomic E-state index is -1.16. The van der Waals surface area contributed by atoms with Crippen LogP contribution in [0.15, 0.2) is 53.5 Å². The first kappa shape index (κ1) is 23.9. The fourth-order valence-corrected chi connectivity index (χ4v) is 4.92. The third-order valence-corrected chi connectivity index (χ3v) is 6.89. The summed E-state index contributed by atoms with van der Waals surface area (Å²) >= 11 is 0. The van der Waals surface area contributed by atoms with Gasteiger partial charge in [-0.05, 0) is 49.8 Å². The number of fused-ring (bicyclic) bond motifs is 1. The van der Waals surface area contributed by atoms with Crippen molar-refractivity contribution < 1.29 is 14.0 Å². The molecule has 1 fully saturated rings. The molecule has 6 nitrogen and oxygen atoms in total. The largest absolute Gasteiger partial charge is 0.335 e. The van der Waals surface area contributed by atoms with Crippen LogP contribution in [0.4, 0.5) is 14.9 Å². The first-order chi connectivity index (χ1) is 16.5. The Bertz CT molecular complexity index is 1060. The van der Waals surface area contributed by atoms with Crippen LogP contribution >= 0.6 is 0 Å². The molecule has 1 saturated carbocycles. The van der Waals surface area contributed by atoms with E-state index in [0.29, 0.717) is 17.0 Å². The van der Waals surface area contributed by atoms with Gasteiger partial charge in [-0.25, -0.2) is 14.2 Å². The molecule has 2 aromatic rings. The van der Waals surface area contributed by atoms with Crippen LogP contribution in [-0.4, -0.2) is 36.9 Å². The Hall–Kier alpha value is -3.22. The third-order valence-electron chi connectivity index (χ3n) is 6.89. The molecule has 4 rings (SSSR count). The Morgan fingerprint density at radius 2 is 1.71 bits per heavy atom. The number of para-hydroxylation sites is 1. The molecule has 34 heavy (non-hydrogen) atoms. The highest BCUT2D eigenvalue weighted by Crippen LogP contribution is 2.29. The van der Waals surface area contributed by atoms with E-state index in [1.807, 2.05) is 18.2 Å². The van der Waals surface area contributed by atoms with Gasteiger partial charge in [0, 0.05) is 24.2 Å². The van der Waals surface area contributed by atoms with Crippen LogP contribution in [0.25, 0.3) is 0 Å². The highest BCUT2D eigenvalue weighted by molar-refractivity contribution is 6.20. The fourth-order valence-electron chi connectivity index (χ4n) is 4.92. The minimum absolute atomic E-state index is 0.0868. The van der Waals surface area contributed by atoms with Gasteiger partial charge in [0.25, 0.3) is 5.91 Å². The van der Waals surface area contributed by atoms with Crippen LogP contribution in [0, 0.1) is 11.7 Å². The maximum atomic E-state index is 14.7. The predicted octanol–water partition coefficient (Wildman–Crippen LogP) is 5.01. The van der Waals surface area contributed by atoms with Crippen molar-refractivity contribution in [3.8, 4) is 0 Å². The smallest absolute Gasteiger partial charge is 0.317 e. The molecular weight excluding hydrogens is 431 g/mol. The number of carbonyl (C=O) groups excluding carboxylic acids is 2. The van der Waals surface area contributed by atoms with Crippen LogP contribution in [0.1, 0.15) is 63.0 Å². The van der Waals surface area contributed by atoms with Crippen LogP contribution < -0.4 is 15.5 Å². The summed E-state index contributed by atoms with van der Waals surface area (Å²) < 4.78 is 14.7. The van der Waals surface area contributed by atoms with Crippen LogP contribution in [-0.2, 0) is 4.79 Å². The molecule has 1 aliphatic carbocycles. The van der Waals surface area contributed by atoms with E-state index in [-0.39, 0.29) is 17.5 Å². The molecule has 1 aliphatic heterocycles. The number of amides is 3. The lowest BCUT2D eigenvalue weighted by molar-refractivity contribution is -0.119. The molecule has 7 heteroatoms. The number of benzene rings is 2. The van der Waals surface area contributed by atoms with Crippen molar-refractivity contribution in [3.63, 3.8) is 0 Å². The number of hydrogen-bond donors (Lipinski definition) is 2. The Labute approximate surface area is 200 Å². The van der Waals surface area contributed by atoms with Gasteiger partial charge in [0.1, 0.15) is 5.82 Å². The molecule has 2 N–H and O–H groups in total. The van der Waals surface area contributed by atoms with E-state index in [2.05, 4.69) is 22.5 Å². The Kier molecular flexibility index (Phi) is 7.60. The number of carbonyl (C=O) groups is 2. The molecule has 0 spiro atoms. The number of nitrogens with zero attached hydrogens (tertiary/aromatic N) is 2. The second-order valence-electron chi connectivity index (χ2n) is 9.25. The number of halogens is 1. The van der Waals surface area contributed by atoms with E-state index in [4.69, 9.17) is 0 Å². The predicted molar refractivity (Wildman–Crippen MR) is 133 cm³/mol. The van der Waals surface area contributed by atoms with Crippen LogP contribution in [0.5, 0.6) is 0 Å². The zero-order valence-electron chi connectivity index (χ0n) is 19.9. The van der Waals surface area contributed by atoms with Crippen molar-refractivity contribution >= 4 is 23.3 Å². The van der Waals surface area contributed by atoms with E-state index in [0.717, 1.165) is 31.6 Å². The van der Waals surface area contributed by atoms with E-state index in [1.54, 1.807) is 31.3 Å². The number of nitrogens with one attached hydrogen (secondary N) is 2. The first-order valence-corrected chi connectivity index (χ1v) is 12.2. The zero-order valence-corrected chi connectivity index (χ0v) is 19.9. The lowest BCUT2D eigenvalue weighted by Gasteiger charge is -2.29. The second-order valence-corrected chi connectivity index (χ2v) is 9.25. The molecule has 1 heterocycles. The summed E-state index contributed by atoms with van der Waals surface area (Å²) in [5, 5.41) is 5.76. The number of anilines is 1. The number of urea groups is 1. The van der Waals surface area contributed by atoms with E-state index in [9.17, 15) is 14.0 Å². The third kappa shape index (κ3) is 5.29. The van der Waals surface area contributed by atoms with Gasteiger partial charge in [0.05, 0.1) is 11.4 Å². The molecule has 3 amide bonds. The lowest BCUT2D eigenvalue weighted by atomic mass is 9.83. The van der Waals surface area contributed by atoms with Gasteiger partial charge in [-0.3, -0.25) is 4.79 Å². The molecule has 0 radical (unpaired) electrons. The molecule has 0 saturated heterocycles. The van der Waals surface area contributed by atoms with Crippen molar-refractivity contribution in [1.82, 2.24) is 10.6 Å². The van der Waals surface area contributed by atoms with Gasteiger partial charge in [0.2, 0.25) is 6.17 Å². The number of benzodiazepines with no additional fused rings is 1. The van der Waals surface area contributed by atoms with E-state index < -0.39 is 18.0 Å². The molecule has 2 aromatic carbocycles. The normalized spacial score (nSPS) is 22.4. The summed E-state index contributed by atoms with van der Waals surface area (Å²) in [6.45, 7) is 2.21. The topological polar surface area (TPSA) is 73.8 Å². The number of hydrogen-bond acceptors (Lipinski definition) is 3. The summed E-state index contributed by atoms with van der Waals surface area (Å²) in [6, 6.07) is 13.2. The average Bonchev–Trinajstić information content (AvgIpc) is 2.95. The molecule has 2 aliphatic rings. The fraction of sp³-hybridized carbons (Fsp3) is 0.444. The molecule has 0 bridgehead atoms. The van der Waals surface area contributed by atoms with Gasteiger partial charge in [-0.1, -0.05) is 56.5 Å². The van der Waals surface area contributed by atoms with Gasteiger partial charge in [0.15, 0.2) is 0 Å². The Morgan fingerprint density at radius 1 is 1.03 bits per heavy atom. The van der Waals surface area contributed by atoms with Gasteiger partial charge in [-0.15, -0.1) is 0 Å². The summed E-state index contributed by atoms with van der Waals surface area (Å²) in [5.41, 5.74) is 1.88. The van der Waals surface area contributed by atoms with Crippen molar-refractivity contribution in [3.05, 3.63) is 65.5 Å². The Morgan fingerprint density at radius 3 is 2.41 bits per heavy atom. The van der Waals surface area contributed by atoms with Crippen molar-refractivity contribution in [2.75, 3.05) is 11.9 Å². The SMILES string of the molecule is CCCCC1CCC(NC(=O)NC2N=C(c3ccccc3F)c3ccccc3N(C)C2=O)CC1. The second kappa shape index (κ2) is 10.8. The standard InChI is InChI=1S/C27H33FN4O2/c1-3-4-9-18-14-16-19(17-15-18)29-27(34)31-25-26(33)32(2)23-13-8-6-11-21(23)24(30-25)20-10-5-7-12-22(20)28/h5-8,10-13,18-19,25H,3-4,9,14-17H2,1-2H3,(H2,29,31,34). The minimum Gasteiger partial charge on any atom is -0.335 e. The van der Waals surface area contributed by atoms with Gasteiger partial charge < -0.3 is 15.5 Å². The monoisotopic (exact) mass is 464 g/mol. The number of likely N-dealkylation sites (N-methyl/N-ethyl adjacent to an activating group) is 1. The van der Waals surface area contributed by atoms with Crippen molar-refractivity contribution in [2.45, 2.75) is 64.1 Å². The van der Waals surface area contributed by atoms with E-state index >= 15 is 0 Å². The lowest BCUT2D eigenvalue weighted by Crippen LogP contribution is -2.51. The molecular formula is C27H33FN4O2. The molecule has 180 valence electrons. The maximum Gasteiger partial charge on any atom is 0.317 e.